The van der Waals surface area contributed by atoms with Gasteiger partial charge in [-0.05, 0) is 42.4 Å². The van der Waals surface area contributed by atoms with E-state index >= 15 is 0 Å². The fourth-order valence-corrected chi connectivity index (χ4v) is 5.99. The summed E-state index contributed by atoms with van der Waals surface area (Å²) in [5.74, 6) is 1.68. The normalized spacial score (nSPS) is 15.6. The van der Waals surface area contributed by atoms with Gasteiger partial charge in [-0.3, -0.25) is 4.18 Å². The highest BCUT2D eigenvalue weighted by Crippen LogP contribution is 2.39. The number of ether oxygens (including phenoxy) is 1. The van der Waals surface area contributed by atoms with Crippen LogP contribution in [0.15, 0.2) is 24.3 Å². The Kier molecular flexibility index (Phi) is 6.91. The van der Waals surface area contributed by atoms with Crippen LogP contribution in [0.5, 0.6) is 5.75 Å². The lowest BCUT2D eigenvalue weighted by Crippen LogP contribution is -2.15. The van der Waals surface area contributed by atoms with Gasteiger partial charge in [0.25, 0.3) is 10.1 Å². The monoisotopic (exact) mass is 482 g/mol. The van der Waals surface area contributed by atoms with Gasteiger partial charge in [-0.1, -0.05) is 31.4 Å². The highest BCUT2D eigenvalue weighted by atomic mass is 35.5. The highest BCUT2D eigenvalue weighted by Gasteiger charge is 2.24. The van der Waals surface area contributed by atoms with Gasteiger partial charge in [-0.25, -0.2) is 0 Å². The van der Waals surface area contributed by atoms with Gasteiger partial charge in [0.2, 0.25) is 0 Å². The van der Waals surface area contributed by atoms with Crippen molar-refractivity contribution in [2.75, 3.05) is 13.4 Å². The smallest absolute Gasteiger partial charge is 0.264 e. The first-order chi connectivity index (χ1) is 14.9. The van der Waals surface area contributed by atoms with Crippen molar-refractivity contribution >= 4 is 44.2 Å². The Morgan fingerprint density at radius 3 is 2.71 bits per heavy atom. The Morgan fingerprint density at radius 2 is 2.03 bits per heavy atom. The Morgan fingerprint density at radius 1 is 1.26 bits per heavy atom. The number of hydrogen-bond acceptors (Lipinski definition) is 6. The summed E-state index contributed by atoms with van der Waals surface area (Å²) in [7, 11) is -1.85. The maximum absolute atomic E-state index is 11.5. The molecule has 31 heavy (non-hydrogen) atoms. The Labute approximate surface area is 192 Å². The molecule has 0 atom stereocenters. The molecule has 0 aliphatic heterocycles. The van der Waals surface area contributed by atoms with Gasteiger partial charge in [0, 0.05) is 17.5 Å². The van der Waals surface area contributed by atoms with Crippen LogP contribution in [0.1, 0.15) is 42.5 Å². The first kappa shape index (κ1) is 22.6. The van der Waals surface area contributed by atoms with Crippen LogP contribution in [0.4, 0.5) is 0 Å². The third kappa shape index (κ3) is 4.92. The van der Waals surface area contributed by atoms with E-state index in [2.05, 4.69) is 21.1 Å². The largest absolute Gasteiger partial charge is 0.495 e. The van der Waals surface area contributed by atoms with E-state index < -0.39 is 10.1 Å². The molecule has 0 N–H and O–H groups in total. The summed E-state index contributed by atoms with van der Waals surface area (Å²) in [6, 6.07) is 8.19. The van der Waals surface area contributed by atoms with E-state index in [1.807, 2.05) is 12.1 Å². The molecule has 2 aromatic heterocycles. The standard InChI is InChI=1S/C22H27ClN2O4S2/c1-28-19-10-6-9-16-11-18(25(22(16)19)13-15-7-4-3-5-8-15)21-17(12-23)20(30-24-21)14-29-31(2,26)27/h6,9-11,15H,3-5,7-8,12-14H2,1-2H3. The molecule has 2 heterocycles. The van der Waals surface area contributed by atoms with Crippen LogP contribution in [0.2, 0.25) is 0 Å². The number of alkyl halides is 1. The van der Waals surface area contributed by atoms with Gasteiger partial charge in [0.1, 0.15) is 18.1 Å². The molecule has 0 saturated heterocycles. The second-order valence-electron chi connectivity index (χ2n) is 8.08. The van der Waals surface area contributed by atoms with Crippen LogP contribution < -0.4 is 4.74 Å². The summed E-state index contributed by atoms with van der Waals surface area (Å²) in [6.45, 7) is 0.846. The van der Waals surface area contributed by atoms with Crippen LogP contribution in [-0.4, -0.2) is 30.7 Å². The Hall–Kier alpha value is -1.61. The minimum Gasteiger partial charge on any atom is -0.495 e. The summed E-state index contributed by atoms with van der Waals surface area (Å²) in [5, 5.41) is 1.09. The second-order valence-corrected chi connectivity index (χ2v) is 10.8. The van der Waals surface area contributed by atoms with Crippen molar-refractivity contribution in [3.8, 4) is 17.1 Å². The quantitative estimate of drug-likeness (QED) is 0.310. The Bertz CT molecular complexity index is 1160. The van der Waals surface area contributed by atoms with Crippen LogP contribution in [0.25, 0.3) is 22.3 Å². The molecule has 0 radical (unpaired) electrons. The third-order valence-electron chi connectivity index (χ3n) is 5.92. The fraction of sp³-hybridized carbons (Fsp3) is 0.500. The van der Waals surface area contributed by atoms with E-state index in [9.17, 15) is 8.42 Å². The van der Waals surface area contributed by atoms with Crippen molar-refractivity contribution in [2.45, 2.75) is 51.1 Å². The van der Waals surface area contributed by atoms with Crippen molar-refractivity contribution in [1.82, 2.24) is 8.94 Å². The van der Waals surface area contributed by atoms with E-state index in [0.29, 0.717) is 5.92 Å². The lowest BCUT2D eigenvalue weighted by molar-refractivity contribution is 0.314. The predicted molar refractivity (Wildman–Crippen MR) is 125 cm³/mol. The van der Waals surface area contributed by atoms with Crippen molar-refractivity contribution in [1.29, 1.82) is 0 Å². The average molecular weight is 483 g/mol. The van der Waals surface area contributed by atoms with E-state index in [-0.39, 0.29) is 12.5 Å². The first-order valence-corrected chi connectivity index (χ1v) is 13.6. The molecular weight excluding hydrogens is 456 g/mol. The number of hydrogen-bond donors (Lipinski definition) is 0. The molecule has 4 rings (SSSR count). The molecule has 0 bridgehead atoms. The van der Waals surface area contributed by atoms with Crippen LogP contribution >= 0.6 is 23.1 Å². The van der Waals surface area contributed by atoms with Gasteiger partial charge in [-0.2, -0.15) is 12.8 Å². The van der Waals surface area contributed by atoms with Crippen molar-refractivity contribution in [3.05, 3.63) is 34.7 Å². The minimum absolute atomic E-state index is 0.0509. The van der Waals surface area contributed by atoms with Gasteiger partial charge < -0.3 is 9.30 Å². The lowest BCUT2D eigenvalue weighted by Gasteiger charge is -2.24. The molecule has 0 spiro atoms. The van der Waals surface area contributed by atoms with Gasteiger partial charge in [0.15, 0.2) is 0 Å². The Balaban J connectivity index is 1.81. The highest BCUT2D eigenvalue weighted by molar-refractivity contribution is 7.85. The summed E-state index contributed by atoms with van der Waals surface area (Å²) >= 11 is 7.55. The lowest BCUT2D eigenvalue weighted by atomic mass is 9.89. The van der Waals surface area contributed by atoms with Crippen molar-refractivity contribution in [3.63, 3.8) is 0 Å². The molecule has 1 saturated carbocycles. The third-order valence-corrected chi connectivity index (χ3v) is 7.59. The zero-order valence-corrected chi connectivity index (χ0v) is 20.2. The summed E-state index contributed by atoms with van der Waals surface area (Å²) in [5.41, 5.74) is 3.67. The molecule has 1 aliphatic rings. The minimum atomic E-state index is -3.55. The molecule has 0 unspecified atom stereocenters. The SMILES string of the molecule is COc1cccc2cc(-c3nsc(COS(C)(=O)=O)c3CCl)n(CC3CCCCC3)c12. The zero-order chi connectivity index (χ0) is 22.0. The van der Waals surface area contributed by atoms with E-state index in [1.165, 1.54) is 43.6 Å². The summed E-state index contributed by atoms with van der Waals surface area (Å²) in [6.07, 6.45) is 7.34. The van der Waals surface area contributed by atoms with Gasteiger partial charge in [-0.15, -0.1) is 11.6 Å². The van der Waals surface area contributed by atoms with Crippen molar-refractivity contribution in [2.24, 2.45) is 5.92 Å². The predicted octanol–water partition coefficient (Wildman–Crippen LogP) is 5.57. The van der Waals surface area contributed by atoms with Crippen LogP contribution in [0, 0.1) is 5.92 Å². The van der Waals surface area contributed by atoms with Crippen LogP contribution in [-0.2, 0) is 33.3 Å². The number of rotatable bonds is 8. The number of aromatic nitrogens is 2. The molecule has 1 aromatic carbocycles. The molecule has 1 aliphatic carbocycles. The summed E-state index contributed by atoms with van der Waals surface area (Å²) < 4.78 is 40.6. The molecular formula is C22H27ClN2O4S2. The van der Waals surface area contributed by atoms with E-state index in [0.717, 1.165) is 51.3 Å². The van der Waals surface area contributed by atoms with Gasteiger partial charge in [0.05, 0.1) is 35.3 Å². The molecule has 9 heteroatoms. The molecule has 1 fully saturated rings. The molecule has 168 valence electrons. The maximum Gasteiger partial charge on any atom is 0.264 e. The average Bonchev–Trinajstić information content (AvgIpc) is 3.33. The fourth-order valence-electron chi connectivity index (χ4n) is 4.42. The number of para-hydroxylation sites is 1. The number of methoxy groups -OCH3 is 1. The number of fused-ring (bicyclic) bond motifs is 1. The van der Waals surface area contributed by atoms with Crippen molar-refractivity contribution < 1.29 is 17.3 Å². The number of halogens is 1. The zero-order valence-electron chi connectivity index (χ0n) is 17.8. The summed E-state index contributed by atoms with van der Waals surface area (Å²) in [4.78, 5) is 0.733. The van der Waals surface area contributed by atoms with Crippen LogP contribution in [0.3, 0.4) is 0 Å². The maximum atomic E-state index is 11.5. The number of benzene rings is 1. The molecule has 0 amide bonds. The van der Waals surface area contributed by atoms with E-state index in [1.54, 1.807) is 7.11 Å². The number of nitrogens with zero attached hydrogens (tertiary/aromatic N) is 2. The van der Waals surface area contributed by atoms with Gasteiger partial charge >= 0.3 is 0 Å². The molecule has 3 aromatic rings. The second kappa shape index (κ2) is 9.48. The molecule has 6 nitrogen and oxygen atoms in total. The topological polar surface area (TPSA) is 70.4 Å². The first-order valence-electron chi connectivity index (χ1n) is 10.5. The van der Waals surface area contributed by atoms with E-state index in [4.69, 9.17) is 20.5 Å².